The van der Waals surface area contributed by atoms with Crippen LogP contribution in [0.1, 0.15) is 36.2 Å². The first-order valence-corrected chi connectivity index (χ1v) is 9.55. The van der Waals surface area contributed by atoms with Crippen LogP contribution in [-0.2, 0) is 17.7 Å². The van der Waals surface area contributed by atoms with Gasteiger partial charge in [-0.2, -0.15) is 0 Å². The molecule has 1 amide bonds. The zero-order valence-corrected chi connectivity index (χ0v) is 15.8. The monoisotopic (exact) mass is 399 g/mol. The Kier molecular flexibility index (Phi) is 5.85. The molecule has 1 unspecified atom stereocenters. The molecule has 2 aliphatic heterocycles. The summed E-state index contributed by atoms with van der Waals surface area (Å²) < 4.78 is 5.26. The second kappa shape index (κ2) is 7.92. The molecule has 1 fully saturated rings. The molecular weight excluding hydrogens is 382 g/mol. The van der Waals surface area contributed by atoms with Crippen LogP contribution in [0.25, 0.3) is 0 Å². The number of carbonyl (C=O) groups is 2. The topological polar surface area (TPSA) is 80.3 Å². The maximum atomic E-state index is 12.4. The van der Waals surface area contributed by atoms with E-state index in [-0.39, 0.29) is 30.0 Å². The lowest BCUT2D eigenvalue weighted by atomic mass is 10.0. The second-order valence-electron chi connectivity index (χ2n) is 5.89. The number of amides is 1. The minimum Gasteiger partial charge on any atom is -0.381 e. The Labute approximate surface area is 159 Å². The first kappa shape index (κ1) is 18.5. The van der Waals surface area contributed by atoms with Gasteiger partial charge in [0.05, 0.1) is 22.6 Å². The molecular formula is C16H18ClN3O3S2. The summed E-state index contributed by atoms with van der Waals surface area (Å²) in [7, 11) is 0. The fourth-order valence-electron chi connectivity index (χ4n) is 2.91. The molecule has 1 saturated heterocycles. The number of fused-ring (bicyclic) bond motifs is 1. The van der Waals surface area contributed by atoms with Gasteiger partial charge < -0.3 is 10.1 Å². The molecule has 2 aliphatic rings. The summed E-state index contributed by atoms with van der Waals surface area (Å²) in [5, 5.41) is 6.58. The summed E-state index contributed by atoms with van der Waals surface area (Å²) in [4.78, 5) is 31.4. The second-order valence-corrected chi connectivity index (χ2v) is 8.06. The van der Waals surface area contributed by atoms with E-state index in [2.05, 4.69) is 15.6 Å². The van der Waals surface area contributed by atoms with Crippen molar-refractivity contribution in [2.75, 3.05) is 25.1 Å². The third kappa shape index (κ3) is 3.93. The Morgan fingerprint density at radius 2 is 2.20 bits per heavy atom. The van der Waals surface area contributed by atoms with E-state index in [0.717, 1.165) is 25.9 Å². The van der Waals surface area contributed by atoms with Gasteiger partial charge in [-0.05, 0) is 24.5 Å². The summed E-state index contributed by atoms with van der Waals surface area (Å²) in [6.45, 7) is 2.89. The van der Waals surface area contributed by atoms with Crippen molar-refractivity contribution in [2.45, 2.75) is 19.4 Å². The smallest absolute Gasteiger partial charge is 0.267 e. The van der Waals surface area contributed by atoms with Gasteiger partial charge >= 0.3 is 0 Å². The highest BCUT2D eigenvalue weighted by Crippen LogP contribution is 2.28. The molecule has 0 saturated carbocycles. The fourth-order valence-corrected chi connectivity index (χ4v) is 4.82. The lowest BCUT2D eigenvalue weighted by molar-refractivity contribution is 0.0903. The number of nitrogens with zero attached hydrogens (tertiary/aromatic N) is 1. The third-order valence-corrected chi connectivity index (χ3v) is 6.40. The predicted molar refractivity (Wildman–Crippen MR) is 100 cm³/mol. The summed E-state index contributed by atoms with van der Waals surface area (Å²) in [5.41, 5.74) is 1.20. The number of carbonyl (C=O) groups excluding carboxylic acids is 2. The minimum atomic E-state index is -0.160. The molecule has 0 aliphatic carbocycles. The Hall–Kier alpha value is -1.32. The number of hydrogen-bond acceptors (Lipinski definition) is 7. The quantitative estimate of drug-likeness (QED) is 0.772. The SMILES string of the molecule is Cl.O=C(Nc1ncc(C(=O)C2CCOC2)s1)c1cc2c(s1)CCNC2. The van der Waals surface area contributed by atoms with Gasteiger partial charge in [0.1, 0.15) is 0 Å². The Bertz CT molecular complexity index is 760. The molecule has 6 nitrogen and oxygen atoms in total. The van der Waals surface area contributed by atoms with Crippen LogP contribution < -0.4 is 10.6 Å². The zero-order chi connectivity index (χ0) is 16.5. The fraction of sp³-hybridized carbons (Fsp3) is 0.438. The van der Waals surface area contributed by atoms with Crippen LogP contribution in [0.15, 0.2) is 12.3 Å². The van der Waals surface area contributed by atoms with Crippen LogP contribution >= 0.6 is 35.1 Å². The number of hydrogen-bond donors (Lipinski definition) is 2. The lowest BCUT2D eigenvalue weighted by Crippen LogP contribution is -2.21. The normalized spacial score (nSPS) is 19.1. The highest BCUT2D eigenvalue weighted by molar-refractivity contribution is 7.18. The Balaban J connectivity index is 0.00000182. The Morgan fingerprint density at radius 3 is 2.96 bits per heavy atom. The van der Waals surface area contributed by atoms with E-state index in [1.54, 1.807) is 6.20 Å². The number of ketones is 1. The van der Waals surface area contributed by atoms with Gasteiger partial charge in [0.25, 0.3) is 5.91 Å². The van der Waals surface area contributed by atoms with Gasteiger partial charge in [-0.15, -0.1) is 23.7 Å². The van der Waals surface area contributed by atoms with E-state index in [1.807, 2.05) is 6.07 Å². The van der Waals surface area contributed by atoms with Gasteiger partial charge in [0.2, 0.25) is 0 Å². The van der Waals surface area contributed by atoms with Crippen molar-refractivity contribution in [2.24, 2.45) is 5.92 Å². The van der Waals surface area contributed by atoms with Gasteiger partial charge in [0, 0.05) is 30.5 Å². The molecule has 2 aromatic heterocycles. The lowest BCUT2D eigenvalue weighted by Gasteiger charge is -2.10. The van der Waals surface area contributed by atoms with Gasteiger partial charge in [-0.1, -0.05) is 11.3 Å². The van der Waals surface area contributed by atoms with E-state index in [4.69, 9.17) is 4.74 Å². The van der Waals surface area contributed by atoms with Crippen molar-refractivity contribution in [3.05, 3.63) is 32.5 Å². The summed E-state index contributed by atoms with van der Waals surface area (Å²) >= 11 is 2.77. The predicted octanol–water partition coefficient (Wildman–Crippen LogP) is 2.74. The molecule has 25 heavy (non-hydrogen) atoms. The maximum absolute atomic E-state index is 12.4. The third-order valence-electron chi connectivity index (χ3n) is 4.23. The van der Waals surface area contributed by atoms with Crippen LogP contribution in [0.2, 0.25) is 0 Å². The van der Waals surface area contributed by atoms with Gasteiger partial charge in [-0.25, -0.2) is 4.98 Å². The van der Waals surface area contributed by atoms with E-state index in [0.29, 0.717) is 28.1 Å². The number of nitrogens with one attached hydrogen (secondary N) is 2. The van der Waals surface area contributed by atoms with E-state index in [9.17, 15) is 9.59 Å². The summed E-state index contributed by atoms with van der Waals surface area (Å²) in [6.07, 6.45) is 3.27. The first-order chi connectivity index (χ1) is 11.7. The maximum Gasteiger partial charge on any atom is 0.267 e. The standard InChI is InChI=1S/C16H17N3O3S2.ClH/c20-14(9-2-4-22-8-9)13-7-18-16(24-13)19-15(21)12-5-10-6-17-3-1-11(10)23-12;/h5,7,9,17H,1-4,6,8H2,(H,18,19,21);1H. The number of halogens is 1. The molecule has 134 valence electrons. The average molecular weight is 400 g/mol. The molecule has 2 N–H and O–H groups in total. The highest BCUT2D eigenvalue weighted by atomic mass is 35.5. The van der Waals surface area contributed by atoms with Crippen LogP contribution in [0.3, 0.4) is 0 Å². The van der Waals surface area contributed by atoms with Crippen LogP contribution in [0, 0.1) is 5.92 Å². The molecule has 0 bridgehead atoms. The number of thiophene rings is 1. The first-order valence-electron chi connectivity index (χ1n) is 7.92. The van der Waals surface area contributed by atoms with Crippen molar-refractivity contribution in [1.82, 2.24) is 10.3 Å². The molecule has 4 heterocycles. The van der Waals surface area contributed by atoms with Crippen LogP contribution in [-0.4, -0.2) is 36.4 Å². The molecule has 1 atom stereocenters. The number of Topliss-reactive ketones (excluding diaryl/α,β-unsaturated/α-hetero) is 1. The molecule has 0 radical (unpaired) electrons. The van der Waals surface area contributed by atoms with Crippen molar-refractivity contribution >= 4 is 51.9 Å². The molecule has 9 heteroatoms. The number of aromatic nitrogens is 1. The Morgan fingerprint density at radius 1 is 1.32 bits per heavy atom. The molecule has 0 aromatic carbocycles. The van der Waals surface area contributed by atoms with E-state index < -0.39 is 0 Å². The number of anilines is 1. The molecule has 4 rings (SSSR count). The van der Waals surface area contributed by atoms with Crippen LogP contribution in [0.5, 0.6) is 0 Å². The number of rotatable bonds is 4. The van der Waals surface area contributed by atoms with Crippen molar-refractivity contribution in [3.63, 3.8) is 0 Å². The van der Waals surface area contributed by atoms with Gasteiger partial charge in [-0.3, -0.25) is 14.9 Å². The largest absolute Gasteiger partial charge is 0.381 e. The highest BCUT2D eigenvalue weighted by Gasteiger charge is 2.26. The summed E-state index contributed by atoms with van der Waals surface area (Å²) in [5.74, 6) is -0.180. The number of ether oxygens (including phenoxy) is 1. The van der Waals surface area contributed by atoms with Crippen molar-refractivity contribution in [1.29, 1.82) is 0 Å². The van der Waals surface area contributed by atoms with Gasteiger partial charge in [0.15, 0.2) is 10.9 Å². The van der Waals surface area contributed by atoms with Crippen molar-refractivity contribution < 1.29 is 14.3 Å². The minimum absolute atomic E-state index is 0. The van der Waals surface area contributed by atoms with E-state index >= 15 is 0 Å². The molecule has 0 spiro atoms. The number of thiazole rings is 1. The molecule has 2 aromatic rings. The van der Waals surface area contributed by atoms with Crippen molar-refractivity contribution in [3.8, 4) is 0 Å². The average Bonchev–Trinajstić information content (AvgIpc) is 3.33. The summed E-state index contributed by atoms with van der Waals surface area (Å²) in [6, 6.07) is 1.94. The van der Waals surface area contributed by atoms with E-state index in [1.165, 1.54) is 33.1 Å². The van der Waals surface area contributed by atoms with Crippen LogP contribution in [0.4, 0.5) is 5.13 Å². The zero-order valence-electron chi connectivity index (χ0n) is 13.4.